The van der Waals surface area contributed by atoms with Crippen molar-refractivity contribution in [2.75, 3.05) is 7.11 Å². The van der Waals surface area contributed by atoms with Crippen LogP contribution in [0.1, 0.15) is 11.4 Å². The predicted octanol–water partition coefficient (Wildman–Crippen LogP) is 0.495. The standard InChI is InChI=1S/C7H7N3O/c1-11-5-7-4-9-6(2-8)3-10-7/h3-4H,5H2,1H3. The molecule has 0 saturated heterocycles. The summed E-state index contributed by atoms with van der Waals surface area (Å²) >= 11 is 0. The van der Waals surface area contributed by atoms with Crippen molar-refractivity contribution in [3.05, 3.63) is 23.8 Å². The number of hydrogen-bond donors (Lipinski definition) is 0. The molecule has 0 N–H and O–H groups in total. The van der Waals surface area contributed by atoms with E-state index >= 15 is 0 Å². The van der Waals surface area contributed by atoms with Gasteiger partial charge in [0, 0.05) is 7.11 Å². The summed E-state index contributed by atoms with van der Waals surface area (Å²) in [6, 6.07) is 1.88. The van der Waals surface area contributed by atoms with Gasteiger partial charge in [0.1, 0.15) is 6.07 Å². The first-order valence-electron chi connectivity index (χ1n) is 3.07. The largest absolute Gasteiger partial charge is 0.378 e. The van der Waals surface area contributed by atoms with E-state index in [2.05, 4.69) is 9.97 Å². The smallest absolute Gasteiger partial charge is 0.158 e. The van der Waals surface area contributed by atoms with E-state index in [0.29, 0.717) is 12.3 Å². The van der Waals surface area contributed by atoms with E-state index in [4.69, 9.17) is 10.00 Å². The van der Waals surface area contributed by atoms with Gasteiger partial charge in [0.05, 0.1) is 24.7 Å². The lowest BCUT2D eigenvalue weighted by atomic mass is 10.4. The molecule has 0 aliphatic rings. The number of hydrogen-bond acceptors (Lipinski definition) is 4. The van der Waals surface area contributed by atoms with Crippen molar-refractivity contribution in [2.24, 2.45) is 0 Å². The van der Waals surface area contributed by atoms with Gasteiger partial charge in [-0.1, -0.05) is 0 Å². The molecule has 0 fully saturated rings. The first kappa shape index (κ1) is 7.63. The van der Waals surface area contributed by atoms with E-state index in [-0.39, 0.29) is 0 Å². The Morgan fingerprint density at radius 3 is 2.82 bits per heavy atom. The Bertz CT molecular complexity index is 262. The first-order chi connectivity index (χ1) is 5.36. The molecule has 1 aromatic heterocycles. The molecule has 4 nitrogen and oxygen atoms in total. The Kier molecular flexibility index (Phi) is 2.53. The van der Waals surface area contributed by atoms with Crippen molar-refractivity contribution < 1.29 is 4.74 Å². The van der Waals surface area contributed by atoms with E-state index in [1.807, 2.05) is 6.07 Å². The Labute approximate surface area is 64.5 Å². The quantitative estimate of drug-likeness (QED) is 0.614. The fraction of sp³-hybridized carbons (Fsp3) is 0.286. The lowest BCUT2D eigenvalue weighted by Crippen LogP contribution is -1.94. The summed E-state index contributed by atoms with van der Waals surface area (Å²) < 4.78 is 4.82. The summed E-state index contributed by atoms with van der Waals surface area (Å²) in [5, 5.41) is 8.37. The van der Waals surface area contributed by atoms with Crippen LogP contribution < -0.4 is 0 Å². The molecule has 0 saturated carbocycles. The Balaban J connectivity index is 2.76. The van der Waals surface area contributed by atoms with Crippen LogP contribution in [0.15, 0.2) is 12.4 Å². The minimum atomic E-state index is 0.324. The molecule has 4 heteroatoms. The molecule has 0 spiro atoms. The fourth-order valence-corrected chi connectivity index (χ4v) is 0.635. The van der Waals surface area contributed by atoms with E-state index in [1.54, 1.807) is 7.11 Å². The van der Waals surface area contributed by atoms with Gasteiger partial charge in [0.25, 0.3) is 0 Å². The predicted molar refractivity (Wildman–Crippen MR) is 37.5 cm³/mol. The van der Waals surface area contributed by atoms with Crippen molar-refractivity contribution >= 4 is 0 Å². The van der Waals surface area contributed by atoms with E-state index in [1.165, 1.54) is 12.4 Å². The Morgan fingerprint density at radius 2 is 2.36 bits per heavy atom. The summed E-state index contributed by atoms with van der Waals surface area (Å²) in [7, 11) is 1.58. The van der Waals surface area contributed by atoms with Crippen molar-refractivity contribution in [3.8, 4) is 6.07 Å². The first-order valence-corrected chi connectivity index (χ1v) is 3.07. The third-order valence-corrected chi connectivity index (χ3v) is 1.11. The molecule has 56 valence electrons. The maximum Gasteiger partial charge on any atom is 0.158 e. The number of aromatic nitrogens is 2. The third kappa shape index (κ3) is 1.99. The highest BCUT2D eigenvalue weighted by Gasteiger charge is 1.94. The minimum absolute atomic E-state index is 0.324. The molecule has 0 aliphatic heterocycles. The fourth-order valence-electron chi connectivity index (χ4n) is 0.635. The third-order valence-electron chi connectivity index (χ3n) is 1.11. The maximum atomic E-state index is 8.37. The van der Waals surface area contributed by atoms with Gasteiger partial charge in [0.2, 0.25) is 0 Å². The van der Waals surface area contributed by atoms with Crippen molar-refractivity contribution in [1.82, 2.24) is 9.97 Å². The average Bonchev–Trinajstić information content (AvgIpc) is 2.07. The Morgan fingerprint density at radius 1 is 1.55 bits per heavy atom. The molecular formula is C7H7N3O. The van der Waals surface area contributed by atoms with Crippen LogP contribution >= 0.6 is 0 Å². The van der Waals surface area contributed by atoms with Gasteiger partial charge in [0.15, 0.2) is 5.69 Å². The van der Waals surface area contributed by atoms with Crippen LogP contribution in [0.5, 0.6) is 0 Å². The summed E-state index contributed by atoms with van der Waals surface area (Å²) in [5.74, 6) is 0. The molecule has 1 aromatic rings. The second-order valence-electron chi connectivity index (χ2n) is 1.94. The van der Waals surface area contributed by atoms with Crippen LogP contribution in [0.4, 0.5) is 0 Å². The van der Waals surface area contributed by atoms with Crippen molar-refractivity contribution in [2.45, 2.75) is 6.61 Å². The highest BCUT2D eigenvalue weighted by atomic mass is 16.5. The van der Waals surface area contributed by atoms with Gasteiger partial charge in [-0.25, -0.2) is 4.98 Å². The number of nitriles is 1. The van der Waals surface area contributed by atoms with Gasteiger partial charge in [-0.2, -0.15) is 5.26 Å². The van der Waals surface area contributed by atoms with Crippen LogP contribution in [0.25, 0.3) is 0 Å². The number of ether oxygens (including phenoxy) is 1. The van der Waals surface area contributed by atoms with E-state index < -0.39 is 0 Å². The van der Waals surface area contributed by atoms with Crippen molar-refractivity contribution in [3.63, 3.8) is 0 Å². The minimum Gasteiger partial charge on any atom is -0.378 e. The summed E-state index contributed by atoms with van der Waals surface area (Å²) in [5.41, 5.74) is 1.05. The van der Waals surface area contributed by atoms with Gasteiger partial charge in [-0.05, 0) is 0 Å². The lowest BCUT2D eigenvalue weighted by molar-refractivity contribution is 0.181. The normalized spacial score (nSPS) is 9.09. The zero-order valence-corrected chi connectivity index (χ0v) is 6.11. The molecule has 0 aliphatic carbocycles. The van der Waals surface area contributed by atoms with Crippen molar-refractivity contribution in [1.29, 1.82) is 5.26 Å². The number of rotatable bonds is 2. The molecule has 0 unspecified atom stereocenters. The van der Waals surface area contributed by atoms with Gasteiger partial charge in [-0.15, -0.1) is 0 Å². The molecule has 11 heavy (non-hydrogen) atoms. The van der Waals surface area contributed by atoms with E-state index in [0.717, 1.165) is 5.69 Å². The molecule has 0 radical (unpaired) electrons. The van der Waals surface area contributed by atoms with Gasteiger partial charge in [-0.3, -0.25) is 4.98 Å². The summed E-state index contributed by atoms with van der Waals surface area (Å²) in [6.07, 6.45) is 2.95. The summed E-state index contributed by atoms with van der Waals surface area (Å²) in [6.45, 7) is 0.429. The molecule has 1 rings (SSSR count). The SMILES string of the molecule is COCc1cnc(C#N)cn1. The average molecular weight is 149 g/mol. The van der Waals surface area contributed by atoms with Gasteiger partial charge >= 0.3 is 0 Å². The molecule has 0 aromatic carbocycles. The molecular weight excluding hydrogens is 142 g/mol. The zero-order chi connectivity index (χ0) is 8.10. The highest BCUT2D eigenvalue weighted by molar-refractivity contribution is 5.15. The molecule has 0 amide bonds. The monoisotopic (exact) mass is 149 g/mol. The van der Waals surface area contributed by atoms with Crippen LogP contribution in [0.3, 0.4) is 0 Å². The number of methoxy groups -OCH3 is 1. The molecule has 1 heterocycles. The van der Waals surface area contributed by atoms with Gasteiger partial charge < -0.3 is 4.74 Å². The topological polar surface area (TPSA) is 58.8 Å². The second-order valence-corrected chi connectivity index (χ2v) is 1.94. The zero-order valence-electron chi connectivity index (χ0n) is 6.11. The lowest BCUT2D eigenvalue weighted by Gasteiger charge is -1.95. The summed E-state index contributed by atoms with van der Waals surface area (Å²) in [4.78, 5) is 7.74. The van der Waals surface area contributed by atoms with Crippen LogP contribution in [-0.4, -0.2) is 17.1 Å². The molecule has 0 atom stereocenters. The van der Waals surface area contributed by atoms with Crippen LogP contribution in [-0.2, 0) is 11.3 Å². The van der Waals surface area contributed by atoms with Crippen LogP contribution in [0, 0.1) is 11.3 Å². The highest BCUT2D eigenvalue weighted by Crippen LogP contribution is 1.94. The van der Waals surface area contributed by atoms with E-state index in [9.17, 15) is 0 Å². The Hall–Kier alpha value is -1.47. The van der Waals surface area contributed by atoms with Crippen LogP contribution in [0.2, 0.25) is 0 Å². The molecule has 0 bridgehead atoms. The maximum absolute atomic E-state index is 8.37. The second kappa shape index (κ2) is 3.64. The number of nitrogens with zero attached hydrogens (tertiary/aromatic N) is 3.